The molecule has 2 nitrogen and oxygen atoms in total. The molecule has 0 aromatic heterocycles. The quantitative estimate of drug-likeness (QED) is 0.864. The molecule has 1 unspecified atom stereocenters. The molecule has 1 amide bonds. The van der Waals surface area contributed by atoms with Crippen LogP contribution < -0.4 is 5.32 Å². The zero-order chi connectivity index (χ0) is 14.5. The lowest BCUT2D eigenvalue weighted by Gasteiger charge is -2.27. The van der Waals surface area contributed by atoms with E-state index in [2.05, 4.69) is 29.6 Å². The number of hydrogen-bond donors (Lipinski definition) is 1. The minimum absolute atomic E-state index is 0.244. The van der Waals surface area contributed by atoms with Crippen molar-refractivity contribution in [3.8, 4) is 0 Å². The Labute approximate surface area is 128 Å². The van der Waals surface area contributed by atoms with Gasteiger partial charge in [0.2, 0.25) is 5.91 Å². The van der Waals surface area contributed by atoms with Crippen molar-refractivity contribution in [2.45, 2.75) is 70.3 Å². The van der Waals surface area contributed by atoms with E-state index in [1.807, 2.05) is 0 Å². The van der Waals surface area contributed by atoms with Gasteiger partial charge in [0.1, 0.15) is 0 Å². The first-order valence-electron chi connectivity index (χ1n) is 8.70. The van der Waals surface area contributed by atoms with Crippen molar-refractivity contribution in [3.63, 3.8) is 0 Å². The molecule has 21 heavy (non-hydrogen) atoms. The van der Waals surface area contributed by atoms with Crippen LogP contribution in [0.2, 0.25) is 0 Å². The van der Waals surface area contributed by atoms with Crippen LogP contribution in [0, 0.1) is 5.92 Å². The maximum atomic E-state index is 12.3. The van der Waals surface area contributed by atoms with Gasteiger partial charge in [-0.1, -0.05) is 56.4 Å². The predicted octanol–water partition coefficient (Wildman–Crippen LogP) is 4.54. The van der Waals surface area contributed by atoms with Gasteiger partial charge in [-0.15, -0.1) is 0 Å². The number of hydrogen-bond acceptors (Lipinski definition) is 1. The summed E-state index contributed by atoms with van der Waals surface area (Å²) in [4.78, 5) is 12.3. The van der Waals surface area contributed by atoms with Gasteiger partial charge in [-0.25, -0.2) is 0 Å². The molecule has 0 heterocycles. The lowest BCUT2D eigenvalue weighted by molar-refractivity contribution is -0.122. The molecule has 114 valence electrons. The molecule has 0 aliphatic heterocycles. The minimum Gasteiger partial charge on any atom is -0.349 e. The van der Waals surface area contributed by atoms with Gasteiger partial charge in [0.25, 0.3) is 0 Å². The normalized spacial score (nSPS) is 22.6. The van der Waals surface area contributed by atoms with Crippen LogP contribution in [0.25, 0.3) is 0 Å². The average molecular weight is 285 g/mol. The molecule has 2 aliphatic carbocycles. The van der Waals surface area contributed by atoms with Crippen molar-refractivity contribution in [2.75, 3.05) is 0 Å². The van der Waals surface area contributed by atoms with E-state index in [1.165, 1.54) is 49.7 Å². The number of amides is 1. The average Bonchev–Trinajstić information content (AvgIpc) is 2.54. The minimum atomic E-state index is 0.244. The number of fused-ring (bicyclic) bond motifs is 1. The second-order valence-corrected chi connectivity index (χ2v) is 6.75. The maximum Gasteiger partial charge on any atom is 0.220 e. The highest BCUT2D eigenvalue weighted by molar-refractivity contribution is 5.76. The number of aryl methyl sites for hydroxylation is 1. The zero-order valence-corrected chi connectivity index (χ0v) is 12.9. The van der Waals surface area contributed by atoms with Gasteiger partial charge in [0, 0.05) is 6.42 Å². The fraction of sp³-hybridized carbons (Fsp3) is 0.632. The van der Waals surface area contributed by atoms with Crippen LogP contribution in [0.3, 0.4) is 0 Å². The monoisotopic (exact) mass is 285 g/mol. The number of carbonyl (C=O) groups excluding carboxylic acids is 1. The Morgan fingerprint density at radius 3 is 2.71 bits per heavy atom. The molecule has 3 rings (SSSR count). The van der Waals surface area contributed by atoms with Crippen molar-refractivity contribution in [3.05, 3.63) is 35.4 Å². The fourth-order valence-electron chi connectivity index (χ4n) is 3.98. The second kappa shape index (κ2) is 7.11. The number of benzene rings is 1. The van der Waals surface area contributed by atoms with Crippen LogP contribution in [0.15, 0.2) is 24.3 Å². The molecular weight excluding hydrogens is 258 g/mol. The summed E-state index contributed by atoms with van der Waals surface area (Å²) >= 11 is 0. The number of nitrogens with one attached hydrogen (secondary N) is 1. The SMILES string of the molecule is O=C(CCC1CCCCC1)NC1CCCc2ccccc21. The topological polar surface area (TPSA) is 29.1 Å². The van der Waals surface area contributed by atoms with Gasteiger partial charge in [-0.3, -0.25) is 4.79 Å². The Hall–Kier alpha value is -1.31. The smallest absolute Gasteiger partial charge is 0.220 e. The van der Waals surface area contributed by atoms with Gasteiger partial charge < -0.3 is 5.32 Å². The predicted molar refractivity (Wildman–Crippen MR) is 86.1 cm³/mol. The molecule has 0 bridgehead atoms. The van der Waals surface area contributed by atoms with E-state index in [9.17, 15) is 4.79 Å². The van der Waals surface area contributed by atoms with Gasteiger partial charge in [0.15, 0.2) is 0 Å². The first-order chi connectivity index (χ1) is 10.3. The molecule has 0 radical (unpaired) electrons. The molecule has 1 atom stereocenters. The lowest BCUT2D eigenvalue weighted by Crippen LogP contribution is -2.31. The van der Waals surface area contributed by atoms with E-state index in [0.717, 1.165) is 25.2 Å². The first-order valence-corrected chi connectivity index (χ1v) is 8.70. The van der Waals surface area contributed by atoms with E-state index in [1.54, 1.807) is 0 Å². The largest absolute Gasteiger partial charge is 0.349 e. The molecule has 1 N–H and O–H groups in total. The molecule has 1 saturated carbocycles. The van der Waals surface area contributed by atoms with Crippen molar-refractivity contribution in [2.24, 2.45) is 5.92 Å². The Morgan fingerprint density at radius 2 is 1.86 bits per heavy atom. The van der Waals surface area contributed by atoms with E-state index >= 15 is 0 Å². The Kier molecular flexibility index (Phi) is 4.95. The fourth-order valence-corrected chi connectivity index (χ4v) is 3.98. The van der Waals surface area contributed by atoms with E-state index in [0.29, 0.717) is 6.42 Å². The third kappa shape index (κ3) is 3.87. The third-order valence-electron chi connectivity index (χ3n) is 5.21. The zero-order valence-electron chi connectivity index (χ0n) is 12.9. The highest BCUT2D eigenvalue weighted by Gasteiger charge is 2.22. The Bertz CT molecular complexity index is 476. The van der Waals surface area contributed by atoms with Gasteiger partial charge in [0.05, 0.1) is 6.04 Å². The van der Waals surface area contributed by atoms with Crippen LogP contribution in [0.5, 0.6) is 0 Å². The second-order valence-electron chi connectivity index (χ2n) is 6.75. The molecule has 2 aliphatic rings. The molecule has 2 heteroatoms. The highest BCUT2D eigenvalue weighted by Crippen LogP contribution is 2.30. The molecule has 0 saturated heterocycles. The molecular formula is C19H27NO. The Morgan fingerprint density at radius 1 is 1.05 bits per heavy atom. The lowest BCUT2D eigenvalue weighted by atomic mass is 9.85. The summed E-state index contributed by atoms with van der Waals surface area (Å²) in [6, 6.07) is 8.82. The van der Waals surface area contributed by atoms with E-state index < -0.39 is 0 Å². The standard InChI is InChI=1S/C19H27NO/c21-19(14-13-15-7-2-1-3-8-15)20-18-12-6-10-16-9-4-5-11-17(16)18/h4-5,9,11,15,18H,1-3,6-8,10,12-14H2,(H,20,21). The summed E-state index contributed by atoms with van der Waals surface area (Å²) in [6.45, 7) is 0. The van der Waals surface area contributed by atoms with Crippen LogP contribution >= 0.6 is 0 Å². The summed E-state index contributed by atoms with van der Waals surface area (Å²) in [5.41, 5.74) is 2.76. The Balaban J connectivity index is 1.51. The van der Waals surface area contributed by atoms with E-state index in [4.69, 9.17) is 0 Å². The van der Waals surface area contributed by atoms with Crippen LogP contribution in [-0.2, 0) is 11.2 Å². The molecule has 1 aromatic rings. The van der Waals surface area contributed by atoms with Gasteiger partial charge >= 0.3 is 0 Å². The van der Waals surface area contributed by atoms with Crippen molar-refractivity contribution in [1.29, 1.82) is 0 Å². The summed E-state index contributed by atoms with van der Waals surface area (Å²) < 4.78 is 0. The van der Waals surface area contributed by atoms with Crippen molar-refractivity contribution >= 4 is 5.91 Å². The van der Waals surface area contributed by atoms with Gasteiger partial charge in [-0.2, -0.15) is 0 Å². The molecule has 1 fully saturated rings. The van der Waals surface area contributed by atoms with Crippen molar-refractivity contribution < 1.29 is 4.79 Å². The van der Waals surface area contributed by atoms with E-state index in [-0.39, 0.29) is 11.9 Å². The summed E-state index contributed by atoms with van der Waals surface area (Å²) in [5.74, 6) is 1.05. The van der Waals surface area contributed by atoms with Crippen LogP contribution in [0.4, 0.5) is 0 Å². The number of rotatable bonds is 4. The summed E-state index contributed by atoms with van der Waals surface area (Å²) in [5, 5.41) is 3.28. The molecule has 0 spiro atoms. The third-order valence-corrected chi connectivity index (χ3v) is 5.21. The van der Waals surface area contributed by atoms with Crippen molar-refractivity contribution in [1.82, 2.24) is 5.32 Å². The highest BCUT2D eigenvalue weighted by atomic mass is 16.1. The first kappa shape index (κ1) is 14.6. The summed E-state index contributed by atoms with van der Waals surface area (Å²) in [7, 11) is 0. The summed E-state index contributed by atoms with van der Waals surface area (Å²) in [6.07, 6.45) is 12.0. The number of carbonyl (C=O) groups is 1. The maximum absolute atomic E-state index is 12.3. The van der Waals surface area contributed by atoms with Gasteiger partial charge in [-0.05, 0) is 42.7 Å². The van der Waals surface area contributed by atoms with Crippen LogP contribution in [-0.4, -0.2) is 5.91 Å². The van der Waals surface area contributed by atoms with Crippen LogP contribution in [0.1, 0.15) is 75.0 Å². The molecule has 1 aromatic carbocycles.